The number of rotatable bonds is 2. The van der Waals surface area contributed by atoms with E-state index in [1.54, 1.807) is 0 Å². The largest absolute Gasteiger partial charge is 0.296 e. The molecule has 0 fully saturated rings. The normalized spacial score (nSPS) is 26.9. The van der Waals surface area contributed by atoms with Crippen molar-refractivity contribution in [2.24, 2.45) is 0 Å². The zero-order chi connectivity index (χ0) is 12.9. The summed E-state index contributed by atoms with van der Waals surface area (Å²) in [4.78, 5) is 0. The third-order valence-corrected chi connectivity index (χ3v) is 4.59. The van der Waals surface area contributed by atoms with E-state index >= 15 is 0 Å². The number of nitrogens with one attached hydrogen (secondary N) is 1. The highest BCUT2D eigenvalue weighted by Crippen LogP contribution is 2.50. The highest BCUT2D eigenvalue weighted by atomic mass is 18.2. The Hall–Kier alpha value is -1.67. The van der Waals surface area contributed by atoms with E-state index in [0.29, 0.717) is 12.5 Å². The first-order chi connectivity index (χ1) is 9.35. The summed E-state index contributed by atoms with van der Waals surface area (Å²) in [6.07, 6.45) is 1.51. The van der Waals surface area contributed by atoms with Crippen LogP contribution in [0.1, 0.15) is 34.7 Å². The maximum Gasteiger partial charge on any atom is 0.0918 e. The lowest BCUT2D eigenvalue weighted by Crippen LogP contribution is -2.44. The van der Waals surface area contributed by atoms with Crippen molar-refractivity contribution in [2.75, 3.05) is 6.67 Å². The summed E-state index contributed by atoms with van der Waals surface area (Å²) in [6.45, 7) is -0.303. The minimum atomic E-state index is -0.315. The molecule has 0 aliphatic carbocycles. The highest BCUT2D eigenvalue weighted by molar-refractivity contribution is 5.54. The van der Waals surface area contributed by atoms with E-state index in [0.717, 1.165) is 6.42 Å². The van der Waals surface area contributed by atoms with Gasteiger partial charge in [0.25, 0.3) is 0 Å². The van der Waals surface area contributed by atoms with Crippen LogP contribution in [0.15, 0.2) is 48.5 Å². The zero-order valence-electron chi connectivity index (χ0n) is 10.7. The summed E-state index contributed by atoms with van der Waals surface area (Å²) >= 11 is 0. The Morgan fingerprint density at radius 1 is 1.05 bits per heavy atom. The molecule has 2 bridgehead atoms. The van der Waals surface area contributed by atoms with Gasteiger partial charge in [0.1, 0.15) is 0 Å². The summed E-state index contributed by atoms with van der Waals surface area (Å²) in [6, 6.07) is 17.3. The van der Waals surface area contributed by atoms with Crippen LogP contribution in [0.4, 0.5) is 4.39 Å². The van der Waals surface area contributed by atoms with Crippen LogP contribution < -0.4 is 5.32 Å². The lowest BCUT2D eigenvalue weighted by Gasteiger charge is -2.37. The summed E-state index contributed by atoms with van der Waals surface area (Å²) in [7, 11) is 0. The van der Waals surface area contributed by atoms with Crippen molar-refractivity contribution < 1.29 is 4.39 Å². The number of alkyl halides is 1. The van der Waals surface area contributed by atoms with E-state index in [2.05, 4.69) is 53.8 Å². The molecule has 0 saturated carbocycles. The van der Waals surface area contributed by atoms with Gasteiger partial charge < -0.3 is 0 Å². The monoisotopic (exact) mass is 252 g/mol. The molecule has 4 rings (SSSR count). The van der Waals surface area contributed by atoms with Gasteiger partial charge in [-0.15, -0.1) is 0 Å². The van der Waals surface area contributed by atoms with Gasteiger partial charge in [0.05, 0.1) is 12.2 Å². The first-order valence-electron chi connectivity index (χ1n) is 6.86. The Labute approximate surface area is 112 Å². The fourth-order valence-corrected chi connectivity index (χ4v) is 3.84. The van der Waals surface area contributed by atoms with E-state index in [4.69, 9.17) is 0 Å². The molecule has 2 aliphatic heterocycles. The van der Waals surface area contributed by atoms with Gasteiger partial charge in [-0.2, -0.15) is 0 Å². The standard InChI is InChI=1S/C17H16FN/c18-10-9-17-14-7-3-1-5-12(14)11-16(19-17)13-6-2-4-8-15(13)17/h1-8,16,19H,9-11H2/i18-1. The Bertz CT molecular complexity index is 624. The molecule has 0 saturated heterocycles. The van der Waals surface area contributed by atoms with Crippen LogP contribution >= 0.6 is 0 Å². The topological polar surface area (TPSA) is 12.0 Å². The second-order valence-corrected chi connectivity index (χ2v) is 5.49. The Morgan fingerprint density at radius 2 is 1.79 bits per heavy atom. The van der Waals surface area contributed by atoms with Crippen molar-refractivity contribution in [1.82, 2.24) is 5.32 Å². The van der Waals surface area contributed by atoms with Crippen molar-refractivity contribution in [1.29, 1.82) is 0 Å². The molecule has 2 heterocycles. The molecule has 1 nitrogen and oxygen atoms in total. The number of hydrogen-bond acceptors (Lipinski definition) is 1. The molecule has 0 amide bonds. The molecule has 0 aromatic heterocycles. The molecule has 2 aromatic rings. The van der Waals surface area contributed by atoms with Crippen molar-refractivity contribution in [3.05, 3.63) is 70.8 Å². The molecule has 2 aliphatic rings. The predicted molar refractivity (Wildman–Crippen MR) is 73.8 cm³/mol. The number of hydrogen-bond donors (Lipinski definition) is 1. The van der Waals surface area contributed by atoms with Crippen LogP contribution in [0.25, 0.3) is 0 Å². The second kappa shape index (κ2) is 3.91. The lowest BCUT2D eigenvalue weighted by atomic mass is 9.78. The third-order valence-electron chi connectivity index (χ3n) is 4.59. The van der Waals surface area contributed by atoms with Crippen LogP contribution in [0.5, 0.6) is 0 Å². The fraction of sp³-hybridized carbons (Fsp3) is 0.294. The molecule has 2 heteroatoms. The van der Waals surface area contributed by atoms with Crippen LogP contribution in [-0.4, -0.2) is 6.67 Å². The average Bonchev–Trinajstić information content (AvgIpc) is 2.71. The molecule has 96 valence electrons. The van der Waals surface area contributed by atoms with Crippen molar-refractivity contribution in [3.63, 3.8) is 0 Å². The molecule has 0 spiro atoms. The number of halogens is 1. The maximum atomic E-state index is 13.2. The third kappa shape index (κ3) is 1.38. The van der Waals surface area contributed by atoms with Gasteiger partial charge in [0.2, 0.25) is 0 Å². The van der Waals surface area contributed by atoms with E-state index in [9.17, 15) is 4.39 Å². The van der Waals surface area contributed by atoms with Gasteiger partial charge >= 0.3 is 0 Å². The van der Waals surface area contributed by atoms with Crippen LogP contribution in [0.3, 0.4) is 0 Å². The van der Waals surface area contributed by atoms with E-state index in [-0.39, 0.29) is 12.2 Å². The molecule has 0 radical (unpaired) electrons. The van der Waals surface area contributed by atoms with Crippen molar-refractivity contribution in [2.45, 2.75) is 24.4 Å². The molecule has 1 N–H and O–H groups in total. The fourth-order valence-electron chi connectivity index (χ4n) is 3.84. The van der Waals surface area contributed by atoms with Crippen molar-refractivity contribution in [3.8, 4) is 0 Å². The van der Waals surface area contributed by atoms with Gasteiger partial charge in [-0.25, -0.2) is 0 Å². The number of benzene rings is 2. The summed E-state index contributed by atoms with van der Waals surface area (Å²) in [5.41, 5.74) is 4.91. The van der Waals surface area contributed by atoms with E-state index < -0.39 is 0 Å². The summed E-state index contributed by atoms with van der Waals surface area (Å²) in [5.74, 6) is 0. The van der Waals surface area contributed by atoms with Crippen LogP contribution in [0.2, 0.25) is 0 Å². The van der Waals surface area contributed by atoms with Gasteiger partial charge in [-0.1, -0.05) is 48.5 Å². The molecular weight excluding hydrogens is 236 g/mol. The minimum Gasteiger partial charge on any atom is -0.296 e. The summed E-state index contributed by atoms with van der Waals surface area (Å²) in [5, 5.41) is 3.69. The quantitative estimate of drug-likeness (QED) is 0.862. The van der Waals surface area contributed by atoms with Gasteiger partial charge in [0, 0.05) is 12.5 Å². The summed E-state index contributed by atoms with van der Waals surface area (Å²) < 4.78 is 13.2. The SMILES string of the molecule is [18F]CCC12NC(Cc3ccccc31)c1ccccc12. The zero-order valence-corrected chi connectivity index (χ0v) is 10.7. The molecule has 2 unspecified atom stereocenters. The van der Waals surface area contributed by atoms with Crippen LogP contribution in [0, 0.1) is 0 Å². The van der Waals surface area contributed by atoms with Gasteiger partial charge in [0.15, 0.2) is 0 Å². The Kier molecular flexibility index (Phi) is 2.30. The Morgan fingerprint density at radius 3 is 2.63 bits per heavy atom. The Balaban J connectivity index is 2.01. The van der Waals surface area contributed by atoms with Crippen LogP contribution in [-0.2, 0) is 12.0 Å². The smallest absolute Gasteiger partial charge is 0.0918 e. The lowest BCUT2D eigenvalue weighted by molar-refractivity contribution is 0.301. The first kappa shape index (κ1) is 11.2. The minimum absolute atomic E-state index is 0.303. The molecule has 2 aromatic carbocycles. The highest BCUT2D eigenvalue weighted by Gasteiger charge is 2.48. The predicted octanol–water partition coefficient (Wildman–Crippen LogP) is 3.49. The number of fused-ring (bicyclic) bond motifs is 7. The maximum absolute atomic E-state index is 13.2. The van der Waals surface area contributed by atoms with E-state index in [1.807, 2.05) is 0 Å². The first-order valence-corrected chi connectivity index (χ1v) is 6.86. The second-order valence-electron chi connectivity index (χ2n) is 5.49. The van der Waals surface area contributed by atoms with Gasteiger partial charge in [-0.3, -0.25) is 9.71 Å². The molecular formula is C17H16FN. The van der Waals surface area contributed by atoms with E-state index in [1.165, 1.54) is 22.3 Å². The molecule has 2 atom stereocenters. The molecule has 19 heavy (non-hydrogen) atoms. The average molecular weight is 252 g/mol. The van der Waals surface area contributed by atoms with Gasteiger partial charge in [-0.05, 0) is 28.7 Å². The van der Waals surface area contributed by atoms with Crippen molar-refractivity contribution >= 4 is 0 Å².